The lowest BCUT2D eigenvalue weighted by molar-refractivity contribution is -0.120. The Bertz CT molecular complexity index is 521. The van der Waals surface area contributed by atoms with Crippen LogP contribution in [0.3, 0.4) is 0 Å². The fraction of sp³-hybridized carbons (Fsp3) is 0.467. The Morgan fingerprint density at radius 1 is 1.16 bits per heavy atom. The molecule has 2 amide bonds. The molecular formula is C15H18N2O2. The van der Waals surface area contributed by atoms with Crippen molar-refractivity contribution in [3.05, 3.63) is 29.8 Å². The molecule has 1 aliphatic carbocycles. The Kier molecular flexibility index (Phi) is 3.01. The summed E-state index contributed by atoms with van der Waals surface area (Å²) in [5, 5.41) is 2.77. The van der Waals surface area contributed by atoms with E-state index in [1.54, 1.807) is 13.0 Å². The molecule has 0 spiro atoms. The van der Waals surface area contributed by atoms with Crippen molar-refractivity contribution in [2.45, 2.75) is 44.7 Å². The van der Waals surface area contributed by atoms with Gasteiger partial charge in [-0.3, -0.25) is 9.59 Å². The lowest BCUT2D eigenvalue weighted by atomic mass is 10.1. The second-order valence-corrected chi connectivity index (χ2v) is 5.36. The molecule has 4 nitrogen and oxygen atoms in total. The van der Waals surface area contributed by atoms with Crippen LogP contribution < -0.4 is 10.2 Å². The summed E-state index contributed by atoms with van der Waals surface area (Å²) in [5.74, 6) is -0.151. The number of fused-ring (bicyclic) bond motifs is 1. The first-order valence-electron chi connectivity index (χ1n) is 6.91. The molecule has 3 rings (SSSR count). The molecule has 1 aliphatic heterocycles. The first-order chi connectivity index (χ1) is 9.18. The molecule has 0 saturated heterocycles. The van der Waals surface area contributed by atoms with Crippen LogP contribution in [0.4, 0.5) is 5.69 Å². The molecule has 0 radical (unpaired) electrons. The number of nitrogens with zero attached hydrogens (tertiary/aromatic N) is 1. The zero-order valence-corrected chi connectivity index (χ0v) is 11.1. The van der Waals surface area contributed by atoms with Gasteiger partial charge >= 0.3 is 0 Å². The molecule has 1 atom stereocenters. The first kappa shape index (κ1) is 12.2. The monoisotopic (exact) mass is 258 g/mol. The molecule has 1 N–H and O–H groups in total. The van der Waals surface area contributed by atoms with Crippen LogP contribution in [0.5, 0.6) is 0 Å². The third kappa shape index (κ3) is 2.01. The minimum Gasteiger partial charge on any atom is -0.340 e. The fourth-order valence-corrected chi connectivity index (χ4v) is 3.08. The fourth-order valence-electron chi connectivity index (χ4n) is 3.08. The predicted molar refractivity (Wildman–Crippen MR) is 73.1 cm³/mol. The maximum atomic E-state index is 12.6. The second-order valence-electron chi connectivity index (χ2n) is 5.36. The third-order valence-electron chi connectivity index (χ3n) is 4.05. The van der Waals surface area contributed by atoms with Gasteiger partial charge in [0.1, 0.15) is 6.04 Å². The number of nitrogens with one attached hydrogen (secondary N) is 1. The van der Waals surface area contributed by atoms with E-state index >= 15 is 0 Å². The van der Waals surface area contributed by atoms with Gasteiger partial charge in [-0.1, -0.05) is 25.0 Å². The van der Waals surface area contributed by atoms with Crippen molar-refractivity contribution < 1.29 is 9.59 Å². The Morgan fingerprint density at radius 3 is 2.58 bits per heavy atom. The van der Waals surface area contributed by atoms with Gasteiger partial charge in [0, 0.05) is 6.04 Å². The summed E-state index contributed by atoms with van der Waals surface area (Å²) in [6.07, 6.45) is 4.38. The summed E-state index contributed by atoms with van der Waals surface area (Å²) in [5.41, 5.74) is 1.37. The lowest BCUT2D eigenvalue weighted by Crippen LogP contribution is -2.47. The molecule has 19 heavy (non-hydrogen) atoms. The van der Waals surface area contributed by atoms with Crippen molar-refractivity contribution in [1.82, 2.24) is 5.32 Å². The van der Waals surface area contributed by atoms with Crippen molar-refractivity contribution in [2.24, 2.45) is 0 Å². The SMILES string of the molecule is CC1NC(=O)c2ccccc2N(C2CCCC2)C1=O. The summed E-state index contributed by atoms with van der Waals surface area (Å²) in [6, 6.07) is 7.17. The zero-order valence-electron chi connectivity index (χ0n) is 11.1. The van der Waals surface area contributed by atoms with Crippen molar-refractivity contribution in [2.75, 3.05) is 4.90 Å². The highest BCUT2D eigenvalue weighted by molar-refractivity contribution is 6.11. The number of rotatable bonds is 1. The predicted octanol–water partition coefficient (Wildman–Crippen LogP) is 2.09. The number of amides is 2. The summed E-state index contributed by atoms with van der Waals surface area (Å²) in [4.78, 5) is 26.5. The van der Waals surface area contributed by atoms with Crippen molar-refractivity contribution in [3.63, 3.8) is 0 Å². The molecule has 1 heterocycles. The first-order valence-corrected chi connectivity index (χ1v) is 6.91. The van der Waals surface area contributed by atoms with Crippen LogP contribution in [0, 0.1) is 0 Å². The second kappa shape index (κ2) is 4.68. The number of hydrogen-bond donors (Lipinski definition) is 1. The van der Waals surface area contributed by atoms with E-state index in [1.165, 1.54) is 0 Å². The number of carbonyl (C=O) groups is 2. The largest absolute Gasteiger partial charge is 0.340 e. The third-order valence-corrected chi connectivity index (χ3v) is 4.05. The van der Waals surface area contributed by atoms with E-state index in [4.69, 9.17) is 0 Å². The van der Waals surface area contributed by atoms with Crippen LogP contribution in [-0.4, -0.2) is 23.9 Å². The Labute approximate surface area is 112 Å². The summed E-state index contributed by atoms with van der Waals surface area (Å²) in [7, 11) is 0. The molecule has 0 aromatic heterocycles. The standard InChI is InChI=1S/C15H18N2O2/c1-10-15(19)17(11-6-2-3-7-11)13-9-5-4-8-12(13)14(18)16-10/h4-5,8-11H,2-3,6-7H2,1H3,(H,16,18). The topological polar surface area (TPSA) is 49.4 Å². The number of anilines is 1. The smallest absolute Gasteiger partial charge is 0.254 e. The van der Waals surface area contributed by atoms with Crippen LogP contribution in [0.2, 0.25) is 0 Å². The van der Waals surface area contributed by atoms with Gasteiger partial charge in [0.25, 0.3) is 5.91 Å². The van der Waals surface area contributed by atoms with E-state index in [1.807, 2.05) is 23.1 Å². The maximum Gasteiger partial charge on any atom is 0.254 e. The average molecular weight is 258 g/mol. The highest BCUT2D eigenvalue weighted by Gasteiger charge is 2.36. The average Bonchev–Trinajstić information content (AvgIpc) is 2.90. The van der Waals surface area contributed by atoms with Gasteiger partial charge in [-0.25, -0.2) is 0 Å². The van der Waals surface area contributed by atoms with Crippen LogP contribution in [0.1, 0.15) is 43.0 Å². The van der Waals surface area contributed by atoms with Gasteiger partial charge in [0.2, 0.25) is 5.91 Å². The Balaban J connectivity index is 2.10. The van der Waals surface area contributed by atoms with Gasteiger partial charge in [0.15, 0.2) is 0 Å². The van der Waals surface area contributed by atoms with Crippen LogP contribution in [-0.2, 0) is 4.79 Å². The van der Waals surface area contributed by atoms with Gasteiger partial charge in [-0.2, -0.15) is 0 Å². The molecule has 0 bridgehead atoms. The minimum absolute atomic E-state index is 0.00481. The van der Waals surface area contributed by atoms with E-state index in [0.717, 1.165) is 31.4 Å². The molecule has 1 unspecified atom stereocenters. The van der Waals surface area contributed by atoms with Gasteiger partial charge in [0.05, 0.1) is 11.3 Å². The van der Waals surface area contributed by atoms with Crippen LogP contribution in [0.15, 0.2) is 24.3 Å². The summed E-state index contributed by atoms with van der Waals surface area (Å²) in [6.45, 7) is 1.76. The Hall–Kier alpha value is -1.84. The van der Waals surface area contributed by atoms with Gasteiger partial charge < -0.3 is 10.2 Å². The van der Waals surface area contributed by atoms with Crippen molar-refractivity contribution >= 4 is 17.5 Å². The molecule has 1 aromatic rings. The summed E-state index contributed by atoms with van der Waals surface area (Å²) < 4.78 is 0. The minimum atomic E-state index is -0.458. The zero-order chi connectivity index (χ0) is 13.4. The van der Waals surface area contributed by atoms with Crippen molar-refractivity contribution in [1.29, 1.82) is 0 Å². The van der Waals surface area contributed by atoms with E-state index in [-0.39, 0.29) is 17.9 Å². The van der Waals surface area contributed by atoms with Crippen LogP contribution in [0.25, 0.3) is 0 Å². The number of para-hydroxylation sites is 1. The van der Waals surface area contributed by atoms with Crippen LogP contribution >= 0.6 is 0 Å². The quantitative estimate of drug-likeness (QED) is 0.838. The Morgan fingerprint density at radius 2 is 1.84 bits per heavy atom. The summed E-state index contributed by atoms with van der Waals surface area (Å²) >= 11 is 0. The number of hydrogen-bond acceptors (Lipinski definition) is 2. The molecule has 100 valence electrons. The van der Waals surface area contributed by atoms with Gasteiger partial charge in [-0.05, 0) is 31.9 Å². The van der Waals surface area contributed by atoms with E-state index < -0.39 is 6.04 Å². The normalized spacial score (nSPS) is 24.1. The van der Waals surface area contributed by atoms with E-state index in [9.17, 15) is 9.59 Å². The number of carbonyl (C=O) groups excluding carboxylic acids is 2. The maximum absolute atomic E-state index is 12.6. The number of benzene rings is 1. The highest BCUT2D eigenvalue weighted by atomic mass is 16.2. The van der Waals surface area contributed by atoms with E-state index in [0.29, 0.717) is 5.56 Å². The highest BCUT2D eigenvalue weighted by Crippen LogP contribution is 2.32. The molecular weight excluding hydrogens is 240 g/mol. The molecule has 1 fully saturated rings. The molecule has 1 aromatic carbocycles. The van der Waals surface area contributed by atoms with Crippen molar-refractivity contribution in [3.8, 4) is 0 Å². The van der Waals surface area contributed by atoms with E-state index in [2.05, 4.69) is 5.32 Å². The van der Waals surface area contributed by atoms with Gasteiger partial charge in [-0.15, -0.1) is 0 Å². The lowest BCUT2D eigenvalue weighted by Gasteiger charge is -2.30. The molecule has 4 heteroatoms. The molecule has 2 aliphatic rings. The molecule has 1 saturated carbocycles.